The van der Waals surface area contributed by atoms with Crippen molar-refractivity contribution in [2.24, 2.45) is 5.92 Å². The van der Waals surface area contributed by atoms with Crippen LogP contribution in [0.15, 0.2) is 48.9 Å². The molecule has 6 heteroatoms. The third-order valence-electron chi connectivity index (χ3n) is 5.37. The molecule has 3 aliphatic rings. The topological polar surface area (TPSA) is 54.7 Å². The average molecular weight is 383 g/mol. The van der Waals surface area contributed by atoms with E-state index in [4.69, 9.17) is 14.2 Å². The zero-order chi connectivity index (χ0) is 17.5. The van der Waals surface area contributed by atoms with Crippen LogP contribution in [0.4, 0.5) is 0 Å². The summed E-state index contributed by atoms with van der Waals surface area (Å²) in [7, 11) is 0. The van der Waals surface area contributed by atoms with E-state index in [0.29, 0.717) is 17.4 Å². The fourth-order valence-electron chi connectivity index (χ4n) is 4.15. The molecule has 0 aliphatic carbocycles. The van der Waals surface area contributed by atoms with Crippen molar-refractivity contribution in [2.75, 3.05) is 19.7 Å². The third kappa shape index (κ3) is 3.23. The smallest absolute Gasteiger partial charge is 0.169 e. The van der Waals surface area contributed by atoms with E-state index in [2.05, 4.69) is 17.0 Å². The van der Waals surface area contributed by atoms with E-state index in [0.717, 1.165) is 43.5 Å². The first-order chi connectivity index (χ1) is 12.8. The van der Waals surface area contributed by atoms with E-state index >= 15 is 0 Å². The van der Waals surface area contributed by atoms with Crippen molar-refractivity contribution >= 4 is 12.4 Å². The lowest BCUT2D eigenvalue weighted by atomic mass is 9.86. The molecule has 2 aromatic carbocycles. The average Bonchev–Trinajstić information content (AvgIpc) is 3.10. The summed E-state index contributed by atoms with van der Waals surface area (Å²) in [6.45, 7) is 3.58. The molecule has 1 saturated heterocycles. The molecule has 0 bridgehead atoms. The zero-order valence-electron chi connectivity index (χ0n) is 14.6. The Kier molecular flexibility index (Phi) is 4.69. The molecule has 0 N–H and O–H groups in total. The van der Waals surface area contributed by atoms with Crippen molar-refractivity contribution in [3.05, 3.63) is 65.6 Å². The predicted octanol–water partition coefficient (Wildman–Crippen LogP) is 3.83. The van der Waals surface area contributed by atoms with Crippen LogP contribution in [0.3, 0.4) is 0 Å². The molecule has 5 rings (SSSR count). The number of nitrogens with zero attached hydrogens (tertiary/aromatic N) is 2. The molecule has 0 saturated carbocycles. The van der Waals surface area contributed by atoms with Gasteiger partial charge in [-0.2, -0.15) is 5.26 Å². The van der Waals surface area contributed by atoms with Gasteiger partial charge in [0.1, 0.15) is 18.3 Å². The zero-order valence-corrected chi connectivity index (χ0v) is 15.4. The van der Waals surface area contributed by atoms with Gasteiger partial charge in [0.15, 0.2) is 11.5 Å². The lowest BCUT2D eigenvalue weighted by molar-refractivity contribution is 0.212. The Bertz CT molecular complexity index is 938. The van der Waals surface area contributed by atoms with Gasteiger partial charge in [0.05, 0.1) is 18.2 Å². The van der Waals surface area contributed by atoms with Crippen LogP contribution in [0.25, 0.3) is 0 Å². The summed E-state index contributed by atoms with van der Waals surface area (Å²) in [5.41, 5.74) is 3.08. The minimum absolute atomic E-state index is 0. The molecule has 0 spiro atoms. The summed E-state index contributed by atoms with van der Waals surface area (Å²) in [5.74, 6) is 3.33. The summed E-state index contributed by atoms with van der Waals surface area (Å²) < 4.78 is 16.9. The van der Waals surface area contributed by atoms with Gasteiger partial charge < -0.3 is 14.2 Å². The maximum atomic E-state index is 9.20. The van der Waals surface area contributed by atoms with Crippen molar-refractivity contribution in [2.45, 2.75) is 12.5 Å². The molecule has 2 aromatic rings. The molecule has 2 atom stereocenters. The van der Waals surface area contributed by atoms with E-state index in [9.17, 15) is 5.26 Å². The molecule has 1 fully saturated rings. The van der Waals surface area contributed by atoms with Crippen LogP contribution < -0.4 is 14.2 Å². The van der Waals surface area contributed by atoms with Gasteiger partial charge in [0.25, 0.3) is 0 Å². The highest BCUT2D eigenvalue weighted by Gasteiger charge is 2.38. The van der Waals surface area contributed by atoms with Crippen LogP contribution in [0.2, 0.25) is 0 Å². The second-order valence-electron chi connectivity index (χ2n) is 7.03. The molecule has 3 aliphatic heterocycles. The fraction of sp³-hybridized carbons (Fsp3) is 0.286. The normalized spacial score (nSPS) is 22.0. The van der Waals surface area contributed by atoms with Gasteiger partial charge in [-0.15, -0.1) is 12.4 Å². The molecule has 27 heavy (non-hydrogen) atoms. The van der Waals surface area contributed by atoms with Crippen LogP contribution in [-0.2, 0) is 6.54 Å². The van der Waals surface area contributed by atoms with Crippen LogP contribution in [0.1, 0.15) is 22.6 Å². The molecule has 0 amide bonds. The first-order valence-electron chi connectivity index (χ1n) is 8.80. The quantitative estimate of drug-likeness (QED) is 0.790. The minimum Gasteiger partial charge on any atom is -0.493 e. The number of benzene rings is 2. The lowest BCUT2D eigenvalue weighted by Gasteiger charge is -2.27. The Morgan fingerprint density at radius 1 is 1.00 bits per heavy atom. The summed E-state index contributed by atoms with van der Waals surface area (Å²) in [4.78, 5) is 2.45. The highest BCUT2D eigenvalue weighted by Crippen LogP contribution is 2.42. The molecule has 0 radical (unpaired) electrons. The maximum absolute atomic E-state index is 9.20. The molecule has 3 heterocycles. The largest absolute Gasteiger partial charge is 0.493 e. The Morgan fingerprint density at radius 2 is 1.81 bits per heavy atom. The highest BCUT2D eigenvalue weighted by molar-refractivity contribution is 5.85. The van der Waals surface area contributed by atoms with Gasteiger partial charge in [-0.05, 0) is 35.9 Å². The number of rotatable bonds is 2. The van der Waals surface area contributed by atoms with Gasteiger partial charge in [0, 0.05) is 37.0 Å². The van der Waals surface area contributed by atoms with E-state index in [-0.39, 0.29) is 12.4 Å². The highest BCUT2D eigenvalue weighted by atomic mass is 35.5. The van der Waals surface area contributed by atoms with Gasteiger partial charge in [0.2, 0.25) is 0 Å². The van der Waals surface area contributed by atoms with E-state index < -0.39 is 0 Å². The van der Waals surface area contributed by atoms with Gasteiger partial charge >= 0.3 is 0 Å². The second kappa shape index (κ2) is 7.15. The molecule has 5 nitrogen and oxygen atoms in total. The minimum atomic E-state index is 0. The predicted molar refractivity (Wildman–Crippen MR) is 102 cm³/mol. The summed E-state index contributed by atoms with van der Waals surface area (Å²) in [6, 6.07) is 14.1. The van der Waals surface area contributed by atoms with Gasteiger partial charge in [-0.25, -0.2) is 0 Å². The molecule has 0 aromatic heterocycles. The summed E-state index contributed by atoms with van der Waals surface area (Å²) >= 11 is 0. The van der Waals surface area contributed by atoms with Gasteiger partial charge in [-0.3, -0.25) is 4.90 Å². The number of hydrogen-bond donors (Lipinski definition) is 0. The maximum Gasteiger partial charge on any atom is 0.169 e. The number of fused-ring (bicyclic) bond motifs is 4. The molecular formula is C21H19ClN2O3. The second-order valence-corrected chi connectivity index (χ2v) is 7.03. The Morgan fingerprint density at radius 3 is 2.67 bits per heavy atom. The first-order valence-corrected chi connectivity index (χ1v) is 8.80. The molecule has 138 valence electrons. The van der Waals surface area contributed by atoms with Crippen molar-refractivity contribution in [3.8, 4) is 23.3 Å². The van der Waals surface area contributed by atoms with Crippen LogP contribution >= 0.6 is 12.4 Å². The van der Waals surface area contributed by atoms with Crippen molar-refractivity contribution < 1.29 is 14.2 Å². The van der Waals surface area contributed by atoms with Crippen molar-refractivity contribution in [1.82, 2.24) is 4.90 Å². The summed E-state index contributed by atoms with van der Waals surface area (Å²) in [6.07, 6.45) is 3.09. The van der Waals surface area contributed by atoms with E-state index in [1.807, 2.05) is 30.3 Å². The monoisotopic (exact) mass is 382 g/mol. The molecule has 0 unspecified atom stereocenters. The van der Waals surface area contributed by atoms with E-state index in [1.54, 1.807) is 12.5 Å². The number of ether oxygens (including phenoxy) is 3. The SMILES string of the molecule is Cl.N#Cc1ccc2c(c1)[C@H]1CN(Cc3ccc4c(c3)OC=CO4)C[C@@H]1CO2. The van der Waals surface area contributed by atoms with E-state index in [1.165, 1.54) is 11.1 Å². The van der Waals surface area contributed by atoms with Gasteiger partial charge in [-0.1, -0.05) is 6.07 Å². The van der Waals surface area contributed by atoms with Crippen LogP contribution in [0.5, 0.6) is 17.2 Å². The van der Waals surface area contributed by atoms with Crippen molar-refractivity contribution in [1.29, 1.82) is 5.26 Å². The number of halogens is 1. The van der Waals surface area contributed by atoms with Crippen LogP contribution in [-0.4, -0.2) is 24.6 Å². The summed E-state index contributed by atoms with van der Waals surface area (Å²) in [5, 5.41) is 9.20. The number of likely N-dealkylation sites (tertiary alicyclic amines) is 1. The third-order valence-corrected chi connectivity index (χ3v) is 5.37. The standard InChI is InChI=1S/C21H18N2O3.ClH/c22-9-14-1-3-19-17(7-14)18-12-23(11-16(18)13-26-19)10-15-2-4-20-21(8-15)25-6-5-24-20;/h1-8,16,18H,10-13H2;1H/t16-,18+;/m1./s1. The fourth-order valence-corrected chi connectivity index (χ4v) is 4.15. The number of hydrogen-bond acceptors (Lipinski definition) is 5. The first kappa shape index (κ1) is 17.7. The Labute approximate surface area is 164 Å². The number of nitriles is 1. The lowest BCUT2D eigenvalue weighted by Crippen LogP contribution is -2.25. The Balaban J connectivity index is 0.00000180. The molecular weight excluding hydrogens is 364 g/mol. The van der Waals surface area contributed by atoms with Crippen LogP contribution in [0, 0.1) is 17.2 Å². The van der Waals surface area contributed by atoms with Crippen molar-refractivity contribution in [3.63, 3.8) is 0 Å². The Hall–Kier alpha value is -2.68.